The van der Waals surface area contributed by atoms with Crippen LogP contribution in [0, 0.1) is 0 Å². The first kappa shape index (κ1) is 17.2. The van der Waals surface area contributed by atoms with E-state index in [4.69, 9.17) is 9.47 Å². The lowest BCUT2D eigenvalue weighted by atomic mass is 9.81. The minimum Gasteiger partial charge on any atom is -0.491 e. The molecule has 1 spiro atoms. The normalized spacial score (nSPS) is 24.2. The van der Waals surface area contributed by atoms with Crippen molar-refractivity contribution in [3.8, 4) is 11.5 Å². The van der Waals surface area contributed by atoms with Crippen molar-refractivity contribution in [2.75, 3.05) is 19.7 Å². The van der Waals surface area contributed by atoms with Crippen molar-refractivity contribution in [1.29, 1.82) is 0 Å². The highest BCUT2D eigenvalue weighted by Crippen LogP contribution is 2.41. The number of hydrogen-bond acceptors (Lipinski definition) is 4. The van der Waals surface area contributed by atoms with E-state index in [0.29, 0.717) is 13.0 Å². The smallest absolute Gasteiger partial charge is 0.123 e. The lowest BCUT2D eigenvalue weighted by Crippen LogP contribution is -2.53. The molecule has 1 atom stereocenters. The van der Waals surface area contributed by atoms with Crippen LogP contribution in [0.5, 0.6) is 11.5 Å². The standard InChI is InChI=1S/C21H31NO3/c1-2-18(23)15-24-19-6-7-20-16(14-19)8-9-21(25-20)10-12-22(13-11-21)17-4-3-5-17/h6-7,14,17-18,23H,2-5,8-13,15H2,1H3/t18-/m1/s1. The lowest BCUT2D eigenvalue weighted by molar-refractivity contribution is -0.0337. The molecule has 4 rings (SSSR count). The third-order valence-electron chi connectivity index (χ3n) is 6.42. The number of likely N-dealkylation sites (tertiary alicyclic amines) is 1. The Morgan fingerprint density at radius 2 is 2.08 bits per heavy atom. The van der Waals surface area contributed by atoms with Gasteiger partial charge in [-0.25, -0.2) is 0 Å². The highest BCUT2D eigenvalue weighted by molar-refractivity contribution is 5.42. The summed E-state index contributed by atoms with van der Waals surface area (Å²) in [4.78, 5) is 2.68. The molecule has 0 radical (unpaired) electrons. The number of aliphatic hydroxyl groups is 1. The van der Waals surface area contributed by atoms with E-state index in [2.05, 4.69) is 17.0 Å². The summed E-state index contributed by atoms with van der Waals surface area (Å²) in [5, 5.41) is 9.65. The number of aryl methyl sites for hydroxylation is 1. The summed E-state index contributed by atoms with van der Waals surface area (Å²) in [6.45, 7) is 4.70. The summed E-state index contributed by atoms with van der Waals surface area (Å²) in [5.74, 6) is 1.87. The average molecular weight is 345 g/mol. The third-order valence-corrected chi connectivity index (χ3v) is 6.42. The van der Waals surface area contributed by atoms with E-state index in [1.807, 2.05) is 13.0 Å². The molecular weight excluding hydrogens is 314 g/mol. The van der Waals surface area contributed by atoms with E-state index in [1.54, 1.807) is 0 Å². The fraction of sp³-hybridized carbons (Fsp3) is 0.714. The predicted octanol–water partition coefficient (Wildman–Crippen LogP) is 3.55. The lowest BCUT2D eigenvalue weighted by Gasteiger charge is -2.48. The first-order valence-electron chi connectivity index (χ1n) is 10.0. The molecule has 2 aliphatic heterocycles. The molecule has 0 bridgehead atoms. The van der Waals surface area contributed by atoms with Crippen molar-refractivity contribution in [2.45, 2.75) is 76.0 Å². The molecule has 1 N–H and O–H groups in total. The van der Waals surface area contributed by atoms with Gasteiger partial charge < -0.3 is 19.5 Å². The zero-order chi connectivity index (χ0) is 17.3. The molecule has 1 aliphatic carbocycles. The second kappa shape index (κ2) is 7.16. The number of nitrogens with zero attached hydrogens (tertiary/aromatic N) is 1. The highest BCUT2D eigenvalue weighted by atomic mass is 16.5. The van der Waals surface area contributed by atoms with E-state index in [1.165, 1.54) is 37.9 Å². The Balaban J connectivity index is 1.37. The molecule has 4 heteroatoms. The van der Waals surface area contributed by atoms with Crippen LogP contribution in [0.3, 0.4) is 0 Å². The maximum absolute atomic E-state index is 9.65. The van der Waals surface area contributed by atoms with Gasteiger partial charge in [-0.15, -0.1) is 0 Å². The topological polar surface area (TPSA) is 41.9 Å². The van der Waals surface area contributed by atoms with Crippen molar-refractivity contribution in [1.82, 2.24) is 4.90 Å². The number of aliphatic hydroxyl groups excluding tert-OH is 1. The van der Waals surface area contributed by atoms with E-state index in [0.717, 1.165) is 43.2 Å². The Kier molecular flexibility index (Phi) is 4.92. The van der Waals surface area contributed by atoms with Gasteiger partial charge in [-0.3, -0.25) is 0 Å². The maximum Gasteiger partial charge on any atom is 0.123 e. The molecule has 25 heavy (non-hydrogen) atoms. The highest BCUT2D eigenvalue weighted by Gasteiger charge is 2.41. The summed E-state index contributed by atoms with van der Waals surface area (Å²) in [6, 6.07) is 6.98. The molecule has 2 fully saturated rings. The number of piperidine rings is 1. The molecule has 4 nitrogen and oxygen atoms in total. The van der Waals surface area contributed by atoms with Gasteiger partial charge in [-0.1, -0.05) is 13.3 Å². The monoisotopic (exact) mass is 345 g/mol. The first-order valence-corrected chi connectivity index (χ1v) is 10.0. The van der Waals surface area contributed by atoms with Gasteiger partial charge in [0.2, 0.25) is 0 Å². The fourth-order valence-electron chi connectivity index (χ4n) is 4.30. The molecule has 0 unspecified atom stereocenters. The minimum atomic E-state index is -0.392. The second-order valence-corrected chi connectivity index (χ2v) is 8.05. The zero-order valence-corrected chi connectivity index (χ0v) is 15.4. The first-order chi connectivity index (χ1) is 12.2. The largest absolute Gasteiger partial charge is 0.491 e. The number of benzene rings is 1. The Morgan fingerprint density at radius 3 is 2.76 bits per heavy atom. The molecule has 138 valence electrons. The molecule has 1 aromatic carbocycles. The number of ether oxygens (including phenoxy) is 2. The van der Waals surface area contributed by atoms with Crippen molar-refractivity contribution >= 4 is 0 Å². The van der Waals surface area contributed by atoms with Crippen LogP contribution in [0.4, 0.5) is 0 Å². The van der Waals surface area contributed by atoms with Crippen molar-refractivity contribution < 1.29 is 14.6 Å². The maximum atomic E-state index is 9.65. The van der Waals surface area contributed by atoms with Gasteiger partial charge in [0, 0.05) is 19.1 Å². The summed E-state index contributed by atoms with van der Waals surface area (Å²) in [6.07, 6.45) is 9.01. The van der Waals surface area contributed by atoms with Gasteiger partial charge in [0.25, 0.3) is 0 Å². The van der Waals surface area contributed by atoms with E-state index >= 15 is 0 Å². The van der Waals surface area contributed by atoms with Gasteiger partial charge in [-0.2, -0.15) is 0 Å². The molecule has 2 heterocycles. The minimum absolute atomic E-state index is 0.0496. The van der Waals surface area contributed by atoms with Gasteiger partial charge in [0.1, 0.15) is 23.7 Å². The van der Waals surface area contributed by atoms with Crippen molar-refractivity contribution in [3.63, 3.8) is 0 Å². The summed E-state index contributed by atoms with van der Waals surface area (Å²) >= 11 is 0. The summed E-state index contributed by atoms with van der Waals surface area (Å²) in [5.41, 5.74) is 1.30. The summed E-state index contributed by atoms with van der Waals surface area (Å²) < 4.78 is 12.2. The molecule has 1 aromatic rings. The number of fused-ring (bicyclic) bond motifs is 1. The van der Waals surface area contributed by atoms with Crippen LogP contribution in [-0.4, -0.2) is 47.4 Å². The van der Waals surface area contributed by atoms with Crippen LogP contribution in [0.25, 0.3) is 0 Å². The van der Waals surface area contributed by atoms with E-state index < -0.39 is 6.10 Å². The SMILES string of the molecule is CC[C@@H](O)COc1ccc2c(c1)CCC1(CCN(C3CCC3)CC1)O2. The third kappa shape index (κ3) is 3.65. The second-order valence-electron chi connectivity index (χ2n) is 8.05. The van der Waals surface area contributed by atoms with Gasteiger partial charge in [0.05, 0.1) is 6.10 Å². The van der Waals surface area contributed by atoms with Crippen molar-refractivity contribution in [2.24, 2.45) is 0 Å². The number of hydrogen-bond donors (Lipinski definition) is 1. The Labute approximate surface area is 151 Å². The fourth-order valence-corrected chi connectivity index (χ4v) is 4.30. The van der Waals surface area contributed by atoms with Crippen molar-refractivity contribution in [3.05, 3.63) is 23.8 Å². The van der Waals surface area contributed by atoms with Crippen LogP contribution in [-0.2, 0) is 6.42 Å². The molecule has 1 saturated carbocycles. The predicted molar refractivity (Wildman–Crippen MR) is 98.4 cm³/mol. The number of rotatable bonds is 5. The Bertz CT molecular complexity index is 591. The van der Waals surface area contributed by atoms with Crippen LogP contribution in [0.1, 0.15) is 57.4 Å². The van der Waals surface area contributed by atoms with Crippen LogP contribution >= 0.6 is 0 Å². The van der Waals surface area contributed by atoms with Crippen LogP contribution < -0.4 is 9.47 Å². The zero-order valence-electron chi connectivity index (χ0n) is 15.4. The molecule has 1 saturated heterocycles. The molecule has 0 amide bonds. The van der Waals surface area contributed by atoms with Gasteiger partial charge in [0.15, 0.2) is 0 Å². The van der Waals surface area contributed by atoms with Gasteiger partial charge in [-0.05, 0) is 68.7 Å². The van der Waals surface area contributed by atoms with Crippen LogP contribution in [0.15, 0.2) is 18.2 Å². The van der Waals surface area contributed by atoms with E-state index in [9.17, 15) is 5.11 Å². The van der Waals surface area contributed by atoms with Gasteiger partial charge >= 0.3 is 0 Å². The Morgan fingerprint density at radius 1 is 1.28 bits per heavy atom. The molecule has 3 aliphatic rings. The van der Waals surface area contributed by atoms with E-state index in [-0.39, 0.29) is 5.60 Å². The summed E-state index contributed by atoms with van der Waals surface area (Å²) in [7, 11) is 0. The molecule has 0 aromatic heterocycles. The quantitative estimate of drug-likeness (QED) is 0.886. The average Bonchev–Trinajstić information content (AvgIpc) is 2.60. The van der Waals surface area contributed by atoms with Crippen LogP contribution in [0.2, 0.25) is 0 Å². The Hall–Kier alpha value is -1.26. The molecular formula is C21H31NO3.